The quantitative estimate of drug-likeness (QED) is 0.375. The van der Waals surface area contributed by atoms with Gasteiger partial charge in [0.25, 0.3) is 0 Å². The van der Waals surface area contributed by atoms with Crippen molar-refractivity contribution in [2.24, 2.45) is 5.92 Å². The van der Waals surface area contributed by atoms with Crippen LogP contribution in [0.15, 0.2) is 42.0 Å². The molecule has 0 bridgehead atoms. The molecule has 0 atom stereocenters. The molecule has 1 amide bonds. The van der Waals surface area contributed by atoms with E-state index in [1.165, 1.54) is 27.8 Å². The first-order valence-corrected chi connectivity index (χ1v) is 14.3. The Morgan fingerprint density at radius 3 is 2.41 bits per heavy atom. The largest absolute Gasteiger partial charge is 0.496 e. The van der Waals surface area contributed by atoms with Gasteiger partial charge in [-0.1, -0.05) is 37.6 Å². The standard InChI is InChI=1S/C33H46N2O4/c1-23(2)18-25-8-9-28(31(19-25)37-7)22-38-29-12-13-30-24(3)27(11-10-26(30)20-29)21-34-14-16-35(17-15-34)32(36)39-33(4,5)6/h8-9,12-13,19-20,23H,10-11,14-18,21-22H2,1-7H3. The summed E-state index contributed by atoms with van der Waals surface area (Å²) in [6, 6.07) is 12.9. The summed E-state index contributed by atoms with van der Waals surface area (Å²) in [7, 11) is 1.73. The molecule has 2 aromatic carbocycles. The van der Waals surface area contributed by atoms with E-state index in [1.54, 1.807) is 7.11 Å². The van der Waals surface area contributed by atoms with Gasteiger partial charge in [-0.05, 0) is 93.3 Å². The number of amides is 1. The molecule has 0 saturated carbocycles. The molecule has 4 rings (SSSR count). The van der Waals surface area contributed by atoms with E-state index in [0.717, 1.165) is 56.0 Å². The molecule has 1 aliphatic carbocycles. The number of allylic oxidation sites excluding steroid dienone is 1. The smallest absolute Gasteiger partial charge is 0.410 e. The number of rotatable bonds is 8. The second-order valence-electron chi connectivity index (χ2n) is 12.3. The molecule has 0 N–H and O–H groups in total. The van der Waals surface area contributed by atoms with Gasteiger partial charge in [0.1, 0.15) is 23.7 Å². The summed E-state index contributed by atoms with van der Waals surface area (Å²) in [6.45, 7) is 17.1. The number of nitrogens with zero attached hydrogens (tertiary/aromatic N) is 2. The summed E-state index contributed by atoms with van der Waals surface area (Å²) in [6.07, 6.45) is 2.91. The molecular formula is C33H46N2O4. The minimum atomic E-state index is -0.456. The van der Waals surface area contributed by atoms with Crippen LogP contribution in [0.4, 0.5) is 4.79 Å². The van der Waals surface area contributed by atoms with Crippen molar-refractivity contribution in [2.75, 3.05) is 39.8 Å². The Morgan fingerprint density at radius 1 is 1.00 bits per heavy atom. The molecule has 0 spiro atoms. The van der Waals surface area contributed by atoms with Crippen LogP contribution in [0.5, 0.6) is 11.5 Å². The van der Waals surface area contributed by atoms with Crippen molar-refractivity contribution in [2.45, 2.75) is 73.0 Å². The SMILES string of the molecule is COc1cc(CC(C)C)ccc1COc1ccc2c(c1)CCC(CN1CCN(C(=O)OC(C)(C)C)CC1)=C2C. The molecule has 0 aromatic heterocycles. The second kappa shape index (κ2) is 12.5. The highest BCUT2D eigenvalue weighted by atomic mass is 16.6. The van der Waals surface area contributed by atoms with Gasteiger partial charge in [-0.3, -0.25) is 4.90 Å². The zero-order valence-corrected chi connectivity index (χ0v) is 24.9. The van der Waals surface area contributed by atoms with Gasteiger partial charge in [0.05, 0.1) is 7.11 Å². The summed E-state index contributed by atoms with van der Waals surface area (Å²) in [5, 5.41) is 0. The van der Waals surface area contributed by atoms with E-state index in [-0.39, 0.29) is 6.09 Å². The minimum absolute atomic E-state index is 0.205. The zero-order valence-electron chi connectivity index (χ0n) is 24.9. The maximum absolute atomic E-state index is 12.4. The van der Waals surface area contributed by atoms with E-state index in [2.05, 4.69) is 62.1 Å². The molecule has 2 aromatic rings. The number of benzene rings is 2. The fourth-order valence-corrected chi connectivity index (χ4v) is 5.45. The number of aryl methyl sites for hydroxylation is 1. The lowest BCUT2D eigenvalue weighted by Crippen LogP contribution is -2.50. The highest BCUT2D eigenvalue weighted by Crippen LogP contribution is 2.34. The topological polar surface area (TPSA) is 51.2 Å². The van der Waals surface area contributed by atoms with Crippen LogP contribution in [-0.2, 0) is 24.2 Å². The lowest BCUT2D eigenvalue weighted by Gasteiger charge is -2.36. The van der Waals surface area contributed by atoms with Gasteiger partial charge in [-0.2, -0.15) is 0 Å². The Kier molecular flexibility index (Phi) is 9.27. The fraction of sp³-hybridized carbons (Fsp3) is 0.545. The van der Waals surface area contributed by atoms with E-state index in [1.807, 2.05) is 25.7 Å². The number of carbonyl (C=O) groups is 1. The molecule has 1 saturated heterocycles. The average molecular weight is 535 g/mol. The Morgan fingerprint density at radius 2 is 1.74 bits per heavy atom. The lowest BCUT2D eigenvalue weighted by atomic mass is 9.86. The summed E-state index contributed by atoms with van der Waals surface area (Å²) in [4.78, 5) is 16.7. The van der Waals surface area contributed by atoms with Gasteiger partial charge in [-0.25, -0.2) is 4.79 Å². The number of hydrogen-bond donors (Lipinski definition) is 0. The third-order valence-corrected chi connectivity index (χ3v) is 7.54. The Balaban J connectivity index is 1.35. The molecule has 2 aliphatic rings. The Labute approximate surface area is 234 Å². The molecule has 1 fully saturated rings. The number of hydrogen-bond acceptors (Lipinski definition) is 5. The third kappa shape index (κ3) is 7.78. The maximum atomic E-state index is 12.4. The highest BCUT2D eigenvalue weighted by molar-refractivity contribution is 5.72. The molecule has 212 valence electrons. The summed E-state index contributed by atoms with van der Waals surface area (Å²) < 4.78 is 17.4. The van der Waals surface area contributed by atoms with Crippen LogP contribution in [0, 0.1) is 5.92 Å². The van der Waals surface area contributed by atoms with E-state index < -0.39 is 5.60 Å². The van der Waals surface area contributed by atoms with Crippen LogP contribution in [0.25, 0.3) is 5.57 Å². The number of piperazine rings is 1. The van der Waals surface area contributed by atoms with E-state index in [9.17, 15) is 4.79 Å². The normalized spacial score (nSPS) is 16.4. The van der Waals surface area contributed by atoms with Gasteiger partial charge in [0, 0.05) is 38.3 Å². The molecule has 1 aliphatic heterocycles. The number of methoxy groups -OCH3 is 1. The number of fused-ring (bicyclic) bond motifs is 1. The van der Waals surface area contributed by atoms with Crippen molar-refractivity contribution in [1.82, 2.24) is 9.80 Å². The van der Waals surface area contributed by atoms with Gasteiger partial charge in [0.2, 0.25) is 0 Å². The van der Waals surface area contributed by atoms with Crippen LogP contribution in [0.2, 0.25) is 0 Å². The first-order chi connectivity index (χ1) is 18.5. The second-order valence-corrected chi connectivity index (χ2v) is 12.3. The van der Waals surface area contributed by atoms with Gasteiger partial charge >= 0.3 is 6.09 Å². The van der Waals surface area contributed by atoms with Crippen LogP contribution >= 0.6 is 0 Å². The predicted octanol–water partition coefficient (Wildman–Crippen LogP) is 6.75. The van der Waals surface area contributed by atoms with E-state index >= 15 is 0 Å². The van der Waals surface area contributed by atoms with Crippen molar-refractivity contribution in [3.63, 3.8) is 0 Å². The Hall–Kier alpha value is -2.99. The predicted molar refractivity (Wildman–Crippen MR) is 157 cm³/mol. The van der Waals surface area contributed by atoms with E-state index in [0.29, 0.717) is 25.6 Å². The van der Waals surface area contributed by atoms with Crippen LogP contribution in [0.3, 0.4) is 0 Å². The molecule has 1 heterocycles. The van der Waals surface area contributed by atoms with Crippen molar-refractivity contribution >= 4 is 11.7 Å². The van der Waals surface area contributed by atoms with Gasteiger partial charge in [0.15, 0.2) is 0 Å². The maximum Gasteiger partial charge on any atom is 0.410 e. The van der Waals surface area contributed by atoms with Crippen molar-refractivity contribution in [3.05, 3.63) is 64.2 Å². The van der Waals surface area contributed by atoms with Crippen LogP contribution in [-0.4, -0.2) is 61.3 Å². The summed E-state index contributed by atoms with van der Waals surface area (Å²) in [5.74, 6) is 2.40. The molecule has 39 heavy (non-hydrogen) atoms. The van der Waals surface area contributed by atoms with Crippen LogP contribution in [0.1, 0.15) is 70.2 Å². The molecular weight excluding hydrogens is 488 g/mol. The first-order valence-electron chi connectivity index (χ1n) is 14.3. The number of ether oxygens (including phenoxy) is 3. The lowest BCUT2D eigenvalue weighted by molar-refractivity contribution is 0.0152. The first kappa shape index (κ1) is 29.0. The molecule has 0 radical (unpaired) electrons. The zero-order chi connectivity index (χ0) is 28.2. The molecule has 6 heteroatoms. The summed E-state index contributed by atoms with van der Waals surface area (Å²) >= 11 is 0. The fourth-order valence-electron chi connectivity index (χ4n) is 5.45. The van der Waals surface area contributed by atoms with Gasteiger partial charge < -0.3 is 19.1 Å². The van der Waals surface area contributed by atoms with Gasteiger partial charge in [-0.15, -0.1) is 0 Å². The average Bonchev–Trinajstić information content (AvgIpc) is 2.88. The number of carbonyl (C=O) groups excluding carboxylic acids is 1. The Bertz CT molecular complexity index is 1190. The van der Waals surface area contributed by atoms with Crippen molar-refractivity contribution in [1.29, 1.82) is 0 Å². The van der Waals surface area contributed by atoms with E-state index in [4.69, 9.17) is 14.2 Å². The summed E-state index contributed by atoms with van der Waals surface area (Å²) in [5.41, 5.74) is 7.44. The molecule has 0 unspecified atom stereocenters. The minimum Gasteiger partial charge on any atom is -0.496 e. The third-order valence-electron chi connectivity index (χ3n) is 7.54. The monoisotopic (exact) mass is 534 g/mol. The van der Waals surface area contributed by atoms with Crippen LogP contribution < -0.4 is 9.47 Å². The van der Waals surface area contributed by atoms with Crippen molar-refractivity contribution in [3.8, 4) is 11.5 Å². The highest BCUT2D eigenvalue weighted by Gasteiger charge is 2.27. The van der Waals surface area contributed by atoms with Crippen molar-refractivity contribution < 1.29 is 19.0 Å². The molecule has 6 nitrogen and oxygen atoms in total.